The van der Waals surface area contributed by atoms with E-state index in [0.29, 0.717) is 25.5 Å². The van der Waals surface area contributed by atoms with Gasteiger partial charge in [0.2, 0.25) is 5.91 Å². The van der Waals surface area contributed by atoms with Gasteiger partial charge in [-0.1, -0.05) is 6.92 Å². The average Bonchev–Trinajstić information content (AvgIpc) is 2.90. The minimum Gasteiger partial charge on any atom is -0.357 e. The van der Waals surface area contributed by atoms with Crippen molar-refractivity contribution in [1.29, 1.82) is 0 Å². The van der Waals surface area contributed by atoms with Crippen LogP contribution < -0.4 is 16.0 Å². The highest BCUT2D eigenvalue weighted by molar-refractivity contribution is 14.0. The molecule has 1 rings (SSSR count). The molecule has 0 bridgehead atoms. The maximum atomic E-state index is 11.7. The molecule has 0 fully saturated rings. The molecule has 3 N–H and O–H groups in total. The van der Waals surface area contributed by atoms with Crippen LogP contribution in [0.2, 0.25) is 0 Å². The second-order valence-electron chi connectivity index (χ2n) is 5.11. The molecule has 0 radical (unpaired) electrons. The number of halogens is 1. The monoisotopic (exact) mass is 453 g/mol. The second-order valence-corrected chi connectivity index (χ2v) is 6.43. The highest BCUT2D eigenvalue weighted by Gasteiger charge is 2.06. The Balaban J connectivity index is 0.00000484. The van der Waals surface area contributed by atoms with E-state index in [1.165, 1.54) is 4.88 Å². The van der Waals surface area contributed by atoms with Crippen LogP contribution in [0, 0.1) is 6.92 Å². The first-order valence-electron chi connectivity index (χ1n) is 7.78. The molecule has 0 aromatic carbocycles. The second kappa shape index (κ2) is 12.5. The number of aromatic nitrogens is 1. The molecule has 1 aromatic rings. The molecule has 1 aromatic heterocycles. The van der Waals surface area contributed by atoms with E-state index in [1.54, 1.807) is 11.3 Å². The number of carbonyl (C=O) groups is 1. The van der Waals surface area contributed by atoms with Gasteiger partial charge in [-0.3, -0.25) is 4.79 Å². The number of amides is 1. The van der Waals surface area contributed by atoms with Gasteiger partial charge in [0.15, 0.2) is 5.96 Å². The summed E-state index contributed by atoms with van der Waals surface area (Å²) in [5.74, 6) is 0.778. The largest absolute Gasteiger partial charge is 0.357 e. The van der Waals surface area contributed by atoms with Crippen LogP contribution in [-0.2, 0) is 11.3 Å². The van der Waals surface area contributed by atoms with E-state index in [-0.39, 0.29) is 35.9 Å². The van der Waals surface area contributed by atoms with Gasteiger partial charge >= 0.3 is 0 Å². The Morgan fingerprint density at radius 3 is 2.70 bits per heavy atom. The minimum atomic E-state index is 0. The van der Waals surface area contributed by atoms with Gasteiger partial charge in [0.1, 0.15) is 5.01 Å². The highest BCUT2D eigenvalue weighted by Crippen LogP contribution is 2.11. The molecule has 132 valence electrons. The third-order valence-corrected chi connectivity index (χ3v) is 3.95. The number of carbonyl (C=O) groups excluding carboxylic acids is 1. The van der Waals surface area contributed by atoms with Crippen LogP contribution in [0.3, 0.4) is 0 Å². The van der Waals surface area contributed by atoms with E-state index in [1.807, 2.05) is 27.0 Å². The summed E-state index contributed by atoms with van der Waals surface area (Å²) in [6, 6.07) is 0.225. The summed E-state index contributed by atoms with van der Waals surface area (Å²) in [5.41, 5.74) is 0. The summed E-state index contributed by atoms with van der Waals surface area (Å²) in [4.78, 5) is 21.7. The molecule has 23 heavy (non-hydrogen) atoms. The van der Waals surface area contributed by atoms with Gasteiger partial charge in [-0.2, -0.15) is 0 Å². The van der Waals surface area contributed by atoms with E-state index < -0.39 is 0 Å². The molecular formula is C15H28IN5OS. The lowest BCUT2D eigenvalue weighted by atomic mass is 10.2. The van der Waals surface area contributed by atoms with Crippen molar-refractivity contribution >= 4 is 47.2 Å². The van der Waals surface area contributed by atoms with Crippen molar-refractivity contribution in [1.82, 2.24) is 20.9 Å². The summed E-state index contributed by atoms with van der Waals surface area (Å²) in [5, 5.41) is 10.3. The summed E-state index contributed by atoms with van der Waals surface area (Å²) in [6.07, 6.45) is 3.23. The van der Waals surface area contributed by atoms with Gasteiger partial charge in [-0.05, 0) is 27.2 Å². The zero-order valence-corrected chi connectivity index (χ0v) is 17.5. The van der Waals surface area contributed by atoms with Gasteiger partial charge in [0.05, 0.1) is 6.54 Å². The van der Waals surface area contributed by atoms with Crippen LogP contribution in [0.25, 0.3) is 0 Å². The van der Waals surface area contributed by atoms with Gasteiger partial charge in [0, 0.05) is 36.6 Å². The molecule has 1 heterocycles. The lowest BCUT2D eigenvalue weighted by Gasteiger charge is -2.13. The molecule has 0 saturated heterocycles. The van der Waals surface area contributed by atoms with E-state index in [2.05, 4.69) is 32.9 Å². The Morgan fingerprint density at radius 1 is 1.39 bits per heavy atom. The van der Waals surface area contributed by atoms with Crippen LogP contribution in [0.5, 0.6) is 0 Å². The molecule has 0 aliphatic rings. The van der Waals surface area contributed by atoms with Crippen molar-refractivity contribution in [3.8, 4) is 0 Å². The third kappa shape index (κ3) is 9.75. The Morgan fingerprint density at radius 2 is 2.13 bits per heavy atom. The number of nitrogens with zero attached hydrogens (tertiary/aromatic N) is 2. The van der Waals surface area contributed by atoms with E-state index in [0.717, 1.165) is 18.0 Å². The number of guanidine groups is 1. The lowest BCUT2D eigenvalue weighted by molar-refractivity contribution is -0.121. The van der Waals surface area contributed by atoms with Gasteiger partial charge in [-0.25, -0.2) is 9.98 Å². The fraction of sp³-hybridized carbons (Fsp3) is 0.667. The molecule has 8 heteroatoms. The topological polar surface area (TPSA) is 78.4 Å². The Labute approximate surface area is 160 Å². The number of rotatable bonds is 8. The van der Waals surface area contributed by atoms with E-state index >= 15 is 0 Å². The molecule has 1 amide bonds. The normalized spacial score (nSPS) is 12.3. The predicted octanol–water partition coefficient (Wildman–Crippen LogP) is 2.43. The van der Waals surface area contributed by atoms with Gasteiger partial charge < -0.3 is 16.0 Å². The van der Waals surface area contributed by atoms with Crippen molar-refractivity contribution in [3.63, 3.8) is 0 Å². The number of thiazole rings is 1. The predicted molar refractivity (Wildman–Crippen MR) is 108 cm³/mol. The van der Waals surface area contributed by atoms with Crippen LogP contribution in [0.15, 0.2) is 11.2 Å². The van der Waals surface area contributed by atoms with Crippen molar-refractivity contribution in [2.24, 2.45) is 4.99 Å². The first-order valence-corrected chi connectivity index (χ1v) is 8.59. The first kappa shape index (κ1) is 22.1. The SMILES string of the molecule is CCNC(=NCc1ncc(C)s1)NCCC(=O)NC(C)CC.I. The fourth-order valence-corrected chi connectivity index (χ4v) is 2.42. The Bertz CT molecular complexity index is 492. The smallest absolute Gasteiger partial charge is 0.221 e. The zero-order valence-electron chi connectivity index (χ0n) is 14.3. The summed E-state index contributed by atoms with van der Waals surface area (Å²) in [7, 11) is 0. The van der Waals surface area contributed by atoms with Gasteiger partial charge in [0.25, 0.3) is 0 Å². The molecule has 1 atom stereocenters. The standard InChI is InChI=1S/C15H27N5OS.HI/c1-5-11(3)20-13(21)7-8-17-15(16-6-2)19-10-14-18-9-12(4)22-14;/h9,11H,5-8,10H2,1-4H3,(H,20,21)(H2,16,17,19);1H. The Kier molecular flexibility index (Phi) is 12.0. The summed E-state index contributed by atoms with van der Waals surface area (Å²) in [6.45, 7) is 10.00. The molecule has 1 unspecified atom stereocenters. The molecule has 0 aliphatic heterocycles. The van der Waals surface area contributed by atoms with Crippen molar-refractivity contribution in [2.75, 3.05) is 13.1 Å². The maximum absolute atomic E-state index is 11.7. The quantitative estimate of drug-likeness (QED) is 0.321. The van der Waals surface area contributed by atoms with Gasteiger partial charge in [-0.15, -0.1) is 35.3 Å². The highest BCUT2D eigenvalue weighted by atomic mass is 127. The van der Waals surface area contributed by atoms with Crippen LogP contribution >= 0.6 is 35.3 Å². The number of aryl methyl sites for hydroxylation is 1. The summed E-state index contributed by atoms with van der Waals surface area (Å²) >= 11 is 1.65. The minimum absolute atomic E-state index is 0. The van der Waals surface area contributed by atoms with E-state index in [4.69, 9.17) is 0 Å². The number of nitrogens with one attached hydrogen (secondary N) is 3. The third-order valence-electron chi connectivity index (χ3n) is 3.05. The van der Waals surface area contributed by atoms with Crippen LogP contribution in [0.1, 0.15) is 43.5 Å². The number of aliphatic imine (C=N–C) groups is 1. The maximum Gasteiger partial charge on any atom is 0.221 e. The molecule has 6 nitrogen and oxygen atoms in total. The Hall–Kier alpha value is -0.900. The first-order chi connectivity index (χ1) is 10.5. The molecule has 0 aliphatic carbocycles. The number of hydrogen-bond donors (Lipinski definition) is 3. The molecule has 0 spiro atoms. The average molecular weight is 453 g/mol. The van der Waals surface area contributed by atoms with Crippen molar-refractivity contribution in [3.05, 3.63) is 16.1 Å². The molecule has 0 saturated carbocycles. The molecular weight excluding hydrogens is 425 g/mol. The van der Waals surface area contributed by atoms with Crippen LogP contribution in [0.4, 0.5) is 0 Å². The van der Waals surface area contributed by atoms with Crippen molar-refractivity contribution < 1.29 is 4.79 Å². The number of hydrogen-bond acceptors (Lipinski definition) is 4. The summed E-state index contributed by atoms with van der Waals surface area (Å²) < 4.78 is 0. The zero-order chi connectivity index (χ0) is 16.4. The lowest BCUT2D eigenvalue weighted by Crippen LogP contribution is -2.40. The van der Waals surface area contributed by atoms with E-state index in [9.17, 15) is 4.79 Å². The van der Waals surface area contributed by atoms with Crippen LogP contribution in [-0.4, -0.2) is 36.0 Å². The fourth-order valence-electron chi connectivity index (χ4n) is 1.71. The van der Waals surface area contributed by atoms with Crippen molar-refractivity contribution in [2.45, 2.75) is 53.1 Å².